The van der Waals surface area contributed by atoms with E-state index in [4.69, 9.17) is 4.74 Å². The first-order valence-electron chi connectivity index (χ1n) is 8.21. The molecule has 1 aromatic carbocycles. The highest BCUT2D eigenvalue weighted by atomic mass is 32.1. The molecule has 1 heterocycles. The van der Waals surface area contributed by atoms with Crippen molar-refractivity contribution in [2.24, 2.45) is 0 Å². The lowest BCUT2D eigenvalue weighted by Gasteiger charge is -2.15. The second-order valence-corrected chi connectivity index (χ2v) is 6.79. The zero-order valence-electron chi connectivity index (χ0n) is 14.6. The summed E-state index contributed by atoms with van der Waals surface area (Å²) in [5, 5.41) is 0.537. The van der Waals surface area contributed by atoms with E-state index in [0.29, 0.717) is 21.9 Å². The number of nitrogens with zero attached hydrogens (tertiary/aromatic N) is 1. The lowest BCUT2D eigenvalue weighted by Crippen LogP contribution is -2.10. The number of aromatic nitrogens is 1. The summed E-state index contributed by atoms with van der Waals surface area (Å²) in [5.74, 6) is -0.674. The highest BCUT2D eigenvalue weighted by molar-refractivity contribution is 7.13. The van der Waals surface area contributed by atoms with E-state index >= 15 is 0 Å². The van der Waals surface area contributed by atoms with E-state index in [1.54, 1.807) is 6.07 Å². The number of hydrogen-bond acceptors (Lipinski definition) is 5. The second kappa shape index (κ2) is 9.02. The van der Waals surface area contributed by atoms with Crippen molar-refractivity contribution in [3.05, 3.63) is 45.4 Å². The molecule has 0 saturated heterocycles. The summed E-state index contributed by atoms with van der Waals surface area (Å²) in [7, 11) is 1.26. The number of ether oxygens (including phenoxy) is 2. The van der Waals surface area contributed by atoms with Crippen LogP contribution in [0, 0.1) is 0 Å². The maximum atomic E-state index is 13.3. The number of thiazole rings is 1. The van der Waals surface area contributed by atoms with E-state index in [1.807, 2.05) is 6.92 Å². The van der Waals surface area contributed by atoms with Crippen LogP contribution in [0.4, 0.5) is 13.2 Å². The molecule has 8 heteroatoms. The van der Waals surface area contributed by atoms with E-state index in [-0.39, 0.29) is 18.8 Å². The third-order valence-corrected chi connectivity index (χ3v) is 4.63. The van der Waals surface area contributed by atoms with Gasteiger partial charge in [-0.05, 0) is 24.1 Å². The van der Waals surface area contributed by atoms with Crippen LogP contribution in [0.25, 0.3) is 0 Å². The van der Waals surface area contributed by atoms with Crippen LogP contribution in [-0.4, -0.2) is 24.7 Å². The predicted molar refractivity (Wildman–Crippen MR) is 92.7 cm³/mol. The summed E-state index contributed by atoms with van der Waals surface area (Å²) in [5.41, 5.74) is -0.347. The molecule has 142 valence electrons. The van der Waals surface area contributed by atoms with Crippen LogP contribution in [0.5, 0.6) is 5.75 Å². The normalized spacial score (nSPS) is 11.4. The zero-order valence-corrected chi connectivity index (χ0v) is 15.4. The predicted octanol–water partition coefficient (Wildman–Crippen LogP) is 5.11. The van der Waals surface area contributed by atoms with Gasteiger partial charge in [-0.3, -0.25) is 0 Å². The van der Waals surface area contributed by atoms with Crippen LogP contribution in [0.15, 0.2) is 24.4 Å². The van der Waals surface area contributed by atoms with Crippen LogP contribution < -0.4 is 4.74 Å². The molecular formula is C18H20F3NO3S. The molecule has 2 rings (SSSR count). The monoisotopic (exact) mass is 387 g/mol. The van der Waals surface area contributed by atoms with Gasteiger partial charge in [-0.1, -0.05) is 25.8 Å². The van der Waals surface area contributed by atoms with Gasteiger partial charge in [0, 0.05) is 6.42 Å². The molecular weight excluding hydrogens is 367 g/mol. The standard InChI is InChI=1S/C18H20F3NO3S/c1-3-4-5-8-25-14-7-6-12(9-13(14)18(19,20)21)10-16-22-11-15(26-16)17(23)24-2/h6-7,9,11H,3-5,8,10H2,1-2H3. The molecule has 0 atom stereocenters. The average molecular weight is 387 g/mol. The Morgan fingerprint density at radius 1 is 1.27 bits per heavy atom. The van der Waals surface area contributed by atoms with Gasteiger partial charge in [0.2, 0.25) is 0 Å². The van der Waals surface area contributed by atoms with Crippen molar-refractivity contribution >= 4 is 17.3 Å². The number of benzene rings is 1. The molecule has 1 aromatic heterocycles. The molecule has 0 saturated carbocycles. The smallest absolute Gasteiger partial charge is 0.419 e. The van der Waals surface area contributed by atoms with E-state index < -0.39 is 17.7 Å². The van der Waals surface area contributed by atoms with Crippen molar-refractivity contribution in [1.29, 1.82) is 0 Å². The summed E-state index contributed by atoms with van der Waals surface area (Å²) in [6, 6.07) is 4.01. The fourth-order valence-electron chi connectivity index (χ4n) is 2.33. The molecule has 2 aromatic rings. The molecule has 0 N–H and O–H groups in total. The number of esters is 1. The highest BCUT2D eigenvalue weighted by Gasteiger charge is 2.34. The topological polar surface area (TPSA) is 48.4 Å². The first-order chi connectivity index (χ1) is 12.3. The fourth-order valence-corrected chi connectivity index (χ4v) is 3.20. The number of unbranched alkanes of at least 4 members (excludes halogenated alkanes) is 2. The van der Waals surface area contributed by atoms with E-state index in [0.717, 1.165) is 30.2 Å². The van der Waals surface area contributed by atoms with Crippen LogP contribution in [0.2, 0.25) is 0 Å². The number of rotatable bonds is 8. The van der Waals surface area contributed by atoms with Gasteiger partial charge in [0.15, 0.2) is 0 Å². The summed E-state index contributed by atoms with van der Waals surface area (Å²) in [6.07, 6.45) is -0.356. The van der Waals surface area contributed by atoms with Gasteiger partial charge in [0.25, 0.3) is 0 Å². The number of carbonyl (C=O) groups excluding carboxylic acids is 1. The molecule has 4 nitrogen and oxygen atoms in total. The number of hydrogen-bond donors (Lipinski definition) is 0. The minimum Gasteiger partial charge on any atom is -0.493 e. The minimum atomic E-state index is -4.50. The third kappa shape index (κ3) is 5.45. The SMILES string of the molecule is CCCCCOc1ccc(Cc2ncc(C(=O)OC)s2)cc1C(F)(F)F. The van der Waals surface area contributed by atoms with Crippen LogP contribution in [-0.2, 0) is 17.3 Å². The molecule has 0 aliphatic heterocycles. The van der Waals surface area contributed by atoms with Crippen LogP contribution in [0.1, 0.15) is 52.0 Å². The molecule has 0 unspecified atom stereocenters. The van der Waals surface area contributed by atoms with Crippen LogP contribution >= 0.6 is 11.3 Å². The van der Waals surface area contributed by atoms with Gasteiger partial charge < -0.3 is 9.47 Å². The second-order valence-electron chi connectivity index (χ2n) is 5.67. The van der Waals surface area contributed by atoms with Gasteiger partial charge in [-0.15, -0.1) is 11.3 Å². The lowest BCUT2D eigenvalue weighted by molar-refractivity contribution is -0.139. The number of methoxy groups -OCH3 is 1. The Labute approximate surface area is 154 Å². The van der Waals surface area contributed by atoms with Crippen molar-refractivity contribution in [3.8, 4) is 5.75 Å². The maximum Gasteiger partial charge on any atom is 0.419 e. The van der Waals surface area contributed by atoms with E-state index in [2.05, 4.69) is 9.72 Å². The quantitative estimate of drug-likeness (QED) is 0.467. The molecule has 0 bridgehead atoms. The largest absolute Gasteiger partial charge is 0.493 e. The molecule has 0 amide bonds. The maximum absolute atomic E-state index is 13.3. The van der Waals surface area contributed by atoms with Gasteiger partial charge in [-0.2, -0.15) is 13.2 Å². The van der Waals surface area contributed by atoms with Gasteiger partial charge in [-0.25, -0.2) is 9.78 Å². The molecule has 0 aliphatic carbocycles. The molecule has 0 fully saturated rings. The first kappa shape index (κ1) is 20.2. The van der Waals surface area contributed by atoms with Crippen molar-refractivity contribution in [2.45, 2.75) is 38.8 Å². The van der Waals surface area contributed by atoms with E-state index in [1.165, 1.54) is 19.4 Å². The summed E-state index contributed by atoms with van der Waals surface area (Å²) in [6.45, 7) is 2.27. The zero-order chi connectivity index (χ0) is 19.2. The number of halogens is 3. The highest BCUT2D eigenvalue weighted by Crippen LogP contribution is 2.37. The summed E-state index contributed by atoms with van der Waals surface area (Å²) < 4.78 is 50.0. The van der Waals surface area contributed by atoms with Gasteiger partial charge in [0.1, 0.15) is 10.6 Å². The Balaban J connectivity index is 2.17. The molecule has 0 radical (unpaired) electrons. The van der Waals surface area contributed by atoms with Gasteiger partial charge in [0.05, 0.1) is 30.5 Å². The fraction of sp³-hybridized carbons (Fsp3) is 0.444. The molecule has 0 spiro atoms. The van der Waals surface area contributed by atoms with Crippen LogP contribution in [0.3, 0.4) is 0 Å². The molecule has 26 heavy (non-hydrogen) atoms. The Kier molecular flexibility index (Phi) is 7.02. The number of carbonyl (C=O) groups is 1. The van der Waals surface area contributed by atoms with E-state index in [9.17, 15) is 18.0 Å². The summed E-state index contributed by atoms with van der Waals surface area (Å²) in [4.78, 5) is 15.8. The molecule has 0 aliphatic rings. The van der Waals surface area contributed by atoms with Crippen molar-refractivity contribution in [1.82, 2.24) is 4.98 Å². The Hall–Kier alpha value is -2.09. The Morgan fingerprint density at radius 2 is 2.04 bits per heavy atom. The van der Waals surface area contributed by atoms with Gasteiger partial charge >= 0.3 is 12.1 Å². The summed E-state index contributed by atoms with van der Waals surface area (Å²) >= 11 is 1.10. The number of alkyl halides is 3. The first-order valence-corrected chi connectivity index (χ1v) is 9.02. The Bertz CT molecular complexity index is 744. The third-order valence-electron chi connectivity index (χ3n) is 3.65. The lowest BCUT2D eigenvalue weighted by atomic mass is 10.1. The minimum absolute atomic E-state index is 0.160. The Morgan fingerprint density at radius 3 is 2.69 bits per heavy atom. The van der Waals surface area contributed by atoms with Crippen molar-refractivity contribution in [2.75, 3.05) is 13.7 Å². The van der Waals surface area contributed by atoms with Crippen molar-refractivity contribution in [3.63, 3.8) is 0 Å². The van der Waals surface area contributed by atoms with Crippen molar-refractivity contribution < 1.29 is 27.4 Å². The average Bonchev–Trinajstić information content (AvgIpc) is 3.06.